The molecule has 0 amide bonds. The van der Waals surface area contributed by atoms with Crippen molar-refractivity contribution in [2.24, 2.45) is 0 Å². The number of aromatic nitrogens is 1. The van der Waals surface area contributed by atoms with E-state index in [1.54, 1.807) is 12.4 Å². The maximum atomic E-state index is 11.9. The third kappa shape index (κ3) is 3.38. The molecule has 2 heterocycles. The number of carbonyl (C=O) groups is 1. The standard InChI is InChI=1S/C21H18N2O2/c24-21-20-13-19(5-4-17(20)8-11-25-21)23-14-15-2-1-3-18(12-15)16-6-9-22-10-7-16/h1-7,9-10,12-13,23H,8,11,14H2. The zero-order chi connectivity index (χ0) is 17.1. The summed E-state index contributed by atoms with van der Waals surface area (Å²) in [5.41, 5.74) is 6.13. The molecule has 124 valence electrons. The number of pyridine rings is 1. The van der Waals surface area contributed by atoms with Gasteiger partial charge in [0.25, 0.3) is 0 Å². The zero-order valence-corrected chi connectivity index (χ0v) is 13.7. The first kappa shape index (κ1) is 15.4. The number of esters is 1. The quantitative estimate of drug-likeness (QED) is 0.733. The fraction of sp³-hybridized carbons (Fsp3) is 0.143. The second-order valence-corrected chi connectivity index (χ2v) is 6.05. The van der Waals surface area contributed by atoms with Crippen molar-refractivity contribution in [1.29, 1.82) is 0 Å². The van der Waals surface area contributed by atoms with Gasteiger partial charge in [0.2, 0.25) is 0 Å². The molecular formula is C21H18N2O2. The first-order valence-electron chi connectivity index (χ1n) is 8.33. The van der Waals surface area contributed by atoms with E-state index < -0.39 is 0 Å². The first-order chi connectivity index (χ1) is 12.3. The summed E-state index contributed by atoms with van der Waals surface area (Å²) in [5, 5.41) is 3.39. The van der Waals surface area contributed by atoms with Gasteiger partial charge in [-0.1, -0.05) is 24.3 Å². The lowest BCUT2D eigenvalue weighted by Crippen LogP contribution is -2.17. The smallest absolute Gasteiger partial charge is 0.338 e. The van der Waals surface area contributed by atoms with Crippen LogP contribution in [0.25, 0.3) is 11.1 Å². The minimum atomic E-state index is -0.232. The molecule has 1 N–H and O–H groups in total. The third-order valence-electron chi connectivity index (χ3n) is 4.37. The van der Waals surface area contributed by atoms with Crippen molar-refractivity contribution in [1.82, 2.24) is 4.98 Å². The number of carbonyl (C=O) groups excluding carboxylic acids is 1. The van der Waals surface area contributed by atoms with Crippen LogP contribution in [0.5, 0.6) is 0 Å². The normalized spacial score (nSPS) is 13.0. The highest BCUT2D eigenvalue weighted by atomic mass is 16.5. The van der Waals surface area contributed by atoms with Gasteiger partial charge in [0.1, 0.15) is 0 Å². The van der Waals surface area contributed by atoms with Crippen LogP contribution in [-0.2, 0) is 17.7 Å². The van der Waals surface area contributed by atoms with Gasteiger partial charge in [-0.25, -0.2) is 4.79 Å². The van der Waals surface area contributed by atoms with E-state index >= 15 is 0 Å². The van der Waals surface area contributed by atoms with Gasteiger partial charge in [-0.15, -0.1) is 0 Å². The summed E-state index contributed by atoms with van der Waals surface area (Å²) < 4.78 is 5.11. The summed E-state index contributed by atoms with van der Waals surface area (Å²) in [4.78, 5) is 15.9. The highest BCUT2D eigenvalue weighted by Gasteiger charge is 2.18. The number of cyclic esters (lactones) is 1. The summed E-state index contributed by atoms with van der Waals surface area (Å²) in [6.45, 7) is 1.16. The Balaban J connectivity index is 1.50. The van der Waals surface area contributed by atoms with Gasteiger partial charge in [0, 0.05) is 31.0 Å². The number of ether oxygens (including phenoxy) is 1. The van der Waals surface area contributed by atoms with Crippen LogP contribution in [0.1, 0.15) is 21.5 Å². The van der Waals surface area contributed by atoms with Crippen molar-refractivity contribution < 1.29 is 9.53 Å². The monoisotopic (exact) mass is 330 g/mol. The first-order valence-corrected chi connectivity index (χ1v) is 8.33. The van der Waals surface area contributed by atoms with Gasteiger partial charge >= 0.3 is 5.97 Å². The molecule has 4 rings (SSSR count). The van der Waals surface area contributed by atoms with Crippen molar-refractivity contribution >= 4 is 11.7 Å². The topological polar surface area (TPSA) is 51.2 Å². The van der Waals surface area contributed by atoms with Crippen LogP contribution in [0.4, 0.5) is 5.69 Å². The maximum absolute atomic E-state index is 11.9. The van der Waals surface area contributed by atoms with Crippen molar-refractivity contribution in [3.8, 4) is 11.1 Å². The number of nitrogens with zero attached hydrogens (tertiary/aromatic N) is 1. The predicted molar refractivity (Wildman–Crippen MR) is 97.4 cm³/mol. The van der Waals surface area contributed by atoms with Crippen LogP contribution in [0.15, 0.2) is 67.0 Å². The molecule has 0 spiro atoms. The molecule has 1 aromatic heterocycles. The molecule has 0 fully saturated rings. The minimum Gasteiger partial charge on any atom is -0.462 e. The van der Waals surface area contributed by atoms with E-state index in [4.69, 9.17) is 4.74 Å². The average Bonchev–Trinajstić information content (AvgIpc) is 2.68. The Morgan fingerprint density at radius 3 is 2.76 bits per heavy atom. The molecule has 0 saturated heterocycles. The van der Waals surface area contributed by atoms with Crippen molar-refractivity contribution in [2.75, 3.05) is 11.9 Å². The molecule has 0 aliphatic carbocycles. The highest BCUT2D eigenvalue weighted by Crippen LogP contribution is 2.23. The molecule has 1 aliphatic heterocycles. The Bertz CT molecular complexity index is 907. The second-order valence-electron chi connectivity index (χ2n) is 6.05. The number of fused-ring (bicyclic) bond motifs is 1. The van der Waals surface area contributed by atoms with Crippen LogP contribution in [0.3, 0.4) is 0 Å². The summed E-state index contributed by atoms with van der Waals surface area (Å²) in [6, 6.07) is 18.3. The Kier molecular flexibility index (Phi) is 4.17. The Morgan fingerprint density at radius 2 is 1.88 bits per heavy atom. The molecular weight excluding hydrogens is 312 g/mol. The van der Waals surface area contributed by atoms with Crippen LogP contribution in [0, 0.1) is 0 Å². The van der Waals surface area contributed by atoms with Gasteiger partial charge in [-0.3, -0.25) is 4.98 Å². The molecule has 0 atom stereocenters. The van der Waals surface area contributed by atoms with Crippen LogP contribution < -0.4 is 5.32 Å². The van der Waals surface area contributed by atoms with E-state index in [1.165, 1.54) is 5.56 Å². The molecule has 25 heavy (non-hydrogen) atoms. The number of hydrogen-bond acceptors (Lipinski definition) is 4. The van der Waals surface area contributed by atoms with Crippen molar-refractivity contribution in [3.05, 3.63) is 83.7 Å². The predicted octanol–water partition coefficient (Wildman–Crippen LogP) is 4.07. The van der Waals surface area contributed by atoms with Gasteiger partial charge in [0.15, 0.2) is 0 Å². The second kappa shape index (κ2) is 6.77. The molecule has 1 aliphatic rings. The van der Waals surface area contributed by atoms with E-state index in [0.29, 0.717) is 18.7 Å². The summed E-state index contributed by atoms with van der Waals surface area (Å²) >= 11 is 0. The van der Waals surface area contributed by atoms with Crippen molar-refractivity contribution in [2.45, 2.75) is 13.0 Å². The summed E-state index contributed by atoms with van der Waals surface area (Å²) in [6.07, 6.45) is 4.38. The Morgan fingerprint density at radius 1 is 1.00 bits per heavy atom. The number of anilines is 1. The number of benzene rings is 2. The van der Waals surface area contributed by atoms with Crippen LogP contribution in [0.2, 0.25) is 0 Å². The van der Waals surface area contributed by atoms with Crippen LogP contribution in [-0.4, -0.2) is 17.6 Å². The number of hydrogen-bond donors (Lipinski definition) is 1. The maximum Gasteiger partial charge on any atom is 0.338 e. The molecule has 4 nitrogen and oxygen atoms in total. The van der Waals surface area contributed by atoms with E-state index in [1.807, 2.05) is 30.3 Å². The van der Waals surface area contributed by atoms with Crippen molar-refractivity contribution in [3.63, 3.8) is 0 Å². The molecule has 0 radical (unpaired) electrons. The van der Waals surface area contributed by atoms with Crippen LogP contribution >= 0.6 is 0 Å². The van der Waals surface area contributed by atoms with Gasteiger partial charge in [-0.05, 0) is 52.6 Å². The minimum absolute atomic E-state index is 0.232. The fourth-order valence-electron chi connectivity index (χ4n) is 3.04. The van der Waals surface area contributed by atoms with Gasteiger partial charge in [-0.2, -0.15) is 0 Å². The largest absolute Gasteiger partial charge is 0.462 e. The third-order valence-corrected chi connectivity index (χ3v) is 4.37. The highest BCUT2D eigenvalue weighted by molar-refractivity contribution is 5.93. The Hall–Kier alpha value is -3.14. The van der Waals surface area contributed by atoms with E-state index in [-0.39, 0.29) is 5.97 Å². The zero-order valence-electron chi connectivity index (χ0n) is 13.7. The Labute approximate surface area is 146 Å². The number of rotatable bonds is 4. The number of nitrogens with one attached hydrogen (secondary N) is 1. The molecule has 0 saturated carbocycles. The lowest BCUT2D eigenvalue weighted by molar-refractivity contribution is 0.0480. The lowest BCUT2D eigenvalue weighted by Gasteiger charge is -2.17. The van der Waals surface area contributed by atoms with Gasteiger partial charge in [0.05, 0.1) is 12.2 Å². The van der Waals surface area contributed by atoms with E-state index in [9.17, 15) is 4.79 Å². The lowest BCUT2D eigenvalue weighted by atomic mass is 10.0. The molecule has 2 aromatic carbocycles. The van der Waals surface area contributed by atoms with E-state index in [2.05, 4.69) is 34.6 Å². The SMILES string of the molecule is O=C1OCCc2ccc(NCc3cccc(-c4ccncc4)c3)cc21. The van der Waals surface area contributed by atoms with E-state index in [0.717, 1.165) is 28.8 Å². The average molecular weight is 330 g/mol. The fourth-order valence-corrected chi connectivity index (χ4v) is 3.04. The molecule has 3 aromatic rings. The summed E-state index contributed by atoms with van der Waals surface area (Å²) in [5.74, 6) is -0.232. The molecule has 4 heteroatoms. The molecule has 0 bridgehead atoms. The molecule has 0 unspecified atom stereocenters. The summed E-state index contributed by atoms with van der Waals surface area (Å²) in [7, 11) is 0. The van der Waals surface area contributed by atoms with Gasteiger partial charge < -0.3 is 10.1 Å².